The maximum absolute atomic E-state index is 14.0. The summed E-state index contributed by atoms with van der Waals surface area (Å²) in [5, 5.41) is 31.2. The summed E-state index contributed by atoms with van der Waals surface area (Å²) in [7, 11) is 0. The number of primary amides is 2. The van der Waals surface area contributed by atoms with Gasteiger partial charge in [0.1, 0.15) is 54.4 Å². The van der Waals surface area contributed by atoms with E-state index in [1.807, 2.05) is 30.3 Å². The monoisotopic (exact) mass is 1190 g/mol. The molecule has 2 aliphatic heterocycles. The van der Waals surface area contributed by atoms with Gasteiger partial charge in [0.15, 0.2) is 0 Å². The number of benzene rings is 3. The van der Waals surface area contributed by atoms with E-state index in [-0.39, 0.29) is 45.2 Å². The average molecular weight is 1190 g/mol. The van der Waals surface area contributed by atoms with E-state index in [0.717, 1.165) is 11.1 Å². The summed E-state index contributed by atoms with van der Waals surface area (Å²) in [6, 6.07) is 14.1. The van der Waals surface area contributed by atoms with Crippen molar-refractivity contribution in [2.75, 3.05) is 19.6 Å². The number of nitrogens with zero attached hydrogens (tertiary/aromatic N) is 2. The molecule has 15 N–H and O–H groups in total. The van der Waals surface area contributed by atoms with Crippen LogP contribution in [0.1, 0.15) is 90.3 Å². The zero-order valence-corrected chi connectivity index (χ0v) is 49.4. The summed E-state index contributed by atoms with van der Waals surface area (Å²) in [6.45, 7) is 8.78. The van der Waals surface area contributed by atoms with Crippen LogP contribution >= 0.6 is 0 Å². The summed E-state index contributed by atoms with van der Waals surface area (Å²) in [6.07, 6.45) is -0.940. The molecule has 5 rings (SSSR count). The third-order valence-electron chi connectivity index (χ3n) is 15.0. The molecule has 0 spiro atoms. The van der Waals surface area contributed by atoms with Gasteiger partial charge in [-0.1, -0.05) is 119 Å². The van der Waals surface area contributed by atoms with E-state index in [1.54, 1.807) is 88.4 Å². The Morgan fingerprint density at radius 2 is 0.965 bits per heavy atom. The van der Waals surface area contributed by atoms with Crippen molar-refractivity contribution in [1.82, 2.24) is 52.3 Å². The number of hydrogen-bond donors (Lipinski definition) is 12. The van der Waals surface area contributed by atoms with Crippen LogP contribution in [0.15, 0.2) is 91.0 Å². The van der Waals surface area contributed by atoms with E-state index in [0.29, 0.717) is 18.4 Å². The highest BCUT2D eigenvalue weighted by atomic mass is 16.3. The lowest BCUT2D eigenvalue weighted by Gasteiger charge is -2.32. The third kappa shape index (κ3) is 19.9. The van der Waals surface area contributed by atoms with Gasteiger partial charge >= 0.3 is 0 Å². The highest BCUT2D eigenvalue weighted by Crippen LogP contribution is 2.22. The summed E-state index contributed by atoms with van der Waals surface area (Å²) in [4.78, 5) is 165. The molecule has 0 saturated carbocycles. The number of nitrogens with two attached hydrogens (primary N) is 3. The molecule has 12 amide bonds. The van der Waals surface area contributed by atoms with Crippen LogP contribution in [-0.4, -0.2) is 172 Å². The van der Waals surface area contributed by atoms with Gasteiger partial charge < -0.3 is 74.6 Å². The first-order chi connectivity index (χ1) is 40.7. The van der Waals surface area contributed by atoms with E-state index in [9.17, 15) is 62.6 Å². The largest absolute Gasteiger partial charge is 0.391 e. The first-order valence-electron chi connectivity index (χ1n) is 28.9. The molecule has 3 aromatic carbocycles. The van der Waals surface area contributed by atoms with Gasteiger partial charge in [0.2, 0.25) is 70.9 Å². The van der Waals surface area contributed by atoms with Gasteiger partial charge in [0.25, 0.3) is 0 Å². The van der Waals surface area contributed by atoms with Gasteiger partial charge in [-0.2, -0.15) is 0 Å². The Kier molecular flexibility index (Phi) is 25.7. The van der Waals surface area contributed by atoms with E-state index in [2.05, 4.69) is 42.5 Å². The predicted molar refractivity (Wildman–Crippen MR) is 314 cm³/mol. The fourth-order valence-corrected chi connectivity index (χ4v) is 10.1. The summed E-state index contributed by atoms with van der Waals surface area (Å²) in [5.41, 5.74) is 19.5. The lowest BCUT2D eigenvalue weighted by atomic mass is 10.00. The molecule has 0 aliphatic carbocycles. The second-order valence-electron chi connectivity index (χ2n) is 22.5. The molecule has 466 valence electrons. The Morgan fingerprint density at radius 1 is 0.500 bits per heavy atom. The minimum Gasteiger partial charge on any atom is -0.391 e. The van der Waals surface area contributed by atoms with Crippen LogP contribution in [-0.2, 0) is 76.8 Å². The number of amides is 12. The van der Waals surface area contributed by atoms with Crippen LogP contribution in [0.2, 0.25) is 0 Å². The van der Waals surface area contributed by atoms with Crippen molar-refractivity contribution >= 4 is 70.9 Å². The minimum atomic E-state index is -1.75. The molecule has 26 heteroatoms. The van der Waals surface area contributed by atoms with Gasteiger partial charge in [0.05, 0.1) is 25.1 Å². The zero-order valence-electron chi connectivity index (χ0n) is 49.4. The smallest absolute Gasteiger partial charge is 0.246 e. The van der Waals surface area contributed by atoms with Gasteiger partial charge in [-0.3, -0.25) is 57.5 Å². The maximum Gasteiger partial charge on any atom is 0.246 e. The lowest BCUT2D eigenvalue weighted by molar-refractivity contribution is -0.143. The Hall–Kier alpha value is -8.78. The molecule has 26 nitrogen and oxygen atoms in total. The highest BCUT2D eigenvalue weighted by Gasteiger charge is 2.42. The fraction of sp³-hybridized carbons (Fsp3) is 0.500. The van der Waals surface area contributed by atoms with Gasteiger partial charge in [0, 0.05) is 25.9 Å². The Balaban J connectivity index is 1.19. The topological polar surface area (TPSA) is 406 Å². The maximum atomic E-state index is 14.0. The highest BCUT2D eigenvalue weighted by molar-refractivity contribution is 6.00. The summed E-state index contributed by atoms with van der Waals surface area (Å²) in [5.74, 6) is -10.7. The minimum absolute atomic E-state index is 0.00958. The van der Waals surface area contributed by atoms with E-state index in [4.69, 9.17) is 17.2 Å². The molecule has 0 radical (unpaired) electrons. The van der Waals surface area contributed by atoms with Crippen molar-refractivity contribution < 1.29 is 62.6 Å². The molecule has 2 aliphatic rings. The second-order valence-corrected chi connectivity index (χ2v) is 22.5. The summed E-state index contributed by atoms with van der Waals surface area (Å²) < 4.78 is 0. The van der Waals surface area contributed by atoms with Gasteiger partial charge in [-0.05, 0) is 74.5 Å². The molecular formula is C60H83N13O13. The number of hydrogen-bond acceptors (Lipinski definition) is 14. The first kappa shape index (κ1) is 68.0. The van der Waals surface area contributed by atoms with Crippen molar-refractivity contribution in [2.45, 2.75) is 159 Å². The standard InChI is InChI=1S/C60H83N13O13/c1-33(2)48(69-55(81)43(31-46(62)75)68-59(85)50(36(6)74)71-57(83)45-25-17-27-73(45)60(86)49(34(3)4)70-53(79)40(61)28-37-18-10-7-11-19-37)58(84)64-32-47(76)72-26-16-24-44(72)56(82)67-42(30-39-22-14-9-15-23-39)54(80)65-35(5)52(78)66-41(51(63)77)29-38-20-12-8-13-21-38/h7-15,18-23,33-36,40-45,48-50,74H,16-17,24-32,61H2,1-6H3,(H2,62,75)(H2,63,77)(H,64,84)(H,65,80)(H,66,78)(H,67,82)(H,68,85)(H,69,81)(H,70,79)(H,71,83)/t35-,36?,40-,41-,42-,43-,44-,45-,48-,49-,50-/m0/s1. The number of likely N-dealkylation sites (tertiary alicyclic amines) is 2. The Labute approximate surface area is 500 Å². The molecule has 11 atom stereocenters. The average Bonchev–Trinajstić information content (AvgIpc) is 4.11. The number of aliphatic hydroxyl groups is 1. The summed E-state index contributed by atoms with van der Waals surface area (Å²) >= 11 is 0. The second kappa shape index (κ2) is 32.5. The quantitative estimate of drug-likeness (QED) is 0.0332. The van der Waals surface area contributed by atoms with E-state index in [1.165, 1.54) is 23.6 Å². The first-order valence-corrected chi connectivity index (χ1v) is 28.9. The SMILES string of the molecule is CC(C)[C@H](NC(=O)[C@H](CC(N)=O)NC(=O)[C@@H](NC(=O)[C@@H]1CCCN1C(=O)[C@@H](NC(=O)[C@@H](N)Cc1ccccc1)C(C)C)C(C)O)C(=O)NCC(=O)N1CCC[C@H]1C(=O)N[C@@H](Cc1ccccc1)C(=O)N[C@@H](C)C(=O)N[C@@H](Cc1ccccc1)C(N)=O. The molecular weight excluding hydrogens is 1110 g/mol. The molecule has 2 fully saturated rings. The van der Waals surface area contributed by atoms with Crippen molar-refractivity contribution in [2.24, 2.45) is 29.0 Å². The Morgan fingerprint density at radius 3 is 1.48 bits per heavy atom. The van der Waals surface area contributed by atoms with Crippen LogP contribution in [0.5, 0.6) is 0 Å². The molecule has 1 unspecified atom stereocenters. The van der Waals surface area contributed by atoms with Gasteiger partial charge in [-0.25, -0.2) is 0 Å². The molecule has 2 heterocycles. The fourth-order valence-electron chi connectivity index (χ4n) is 10.1. The molecule has 3 aromatic rings. The van der Waals surface area contributed by atoms with Crippen molar-refractivity contribution in [1.29, 1.82) is 0 Å². The molecule has 0 bridgehead atoms. The van der Waals surface area contributed by atoms with Crippen LogP contribution in [0.25, 0.3) is 0 Å². The number of rotatable bonds is 30. The molecule has 0 aromatic heterocycles. The number of carbonyl (C=O) groups is 12. The zero-order chi connectivity index (χ0) is 63.4. The molecule has 86 heavy (non-hydrogen) atoms. The Bertz CT molecular complexity index is 2880. The molecule has 2 saturated heterocycles. The van der Waals surface area contributed by atoms with Gasteiger partial charge in [-0.15, -0.1) is 0 Å². The van der Waals surface area contributed by atoms with Crippen LogP contribution in [0, 0.1) is 11.8 Å². The van der Waals surface area contributed by atoms with Crippen molar-refractivity contribution in [3.63, 3.8) is 0 Å². The number of aliphatic hydroxyl groups excluding tert-OH is 1. The van der Waals surface area contributed by atoms with Crippen molar-refractivity contribution in [3.8, 4) is 0 Å². The normalized spacial score (nSPS) is 17.9. The number of carbonyl (C=O) groups excluding carboxylic acids is 12. The lowest BCUT2D eigenvalue weighted by Crippen LogP contribution is -2.62. The van der Waals surface area contributed by atoms with Crippen LogP contribution in [0.4, 0.5) is 0 Å². The number of nitrogens with one attached hydrogen (secondary N) is 8. The van der Waals surface area contributed by atoms with E-state index < -0.39 is 162 Å². The van der Waals surface area contributed by atoms with E-state index >= 15 is 0 Å². The third-order valence-corrected chi connectivity index (χ3v) is 15.0. The van der Waals surface area contributed by atoms with Crippen LogP contribution in [0.3, 0.4) is 0 Å². The van der Waals surface area contributed by atoms with Crippen molar-refractivity contribution in [3.05, 3.63) is 108 Å². The van der Waals surface area contributed by atoms with Crippen LogP contribution < -0.4 is 59.7 Å². The predicted octanol–water partition coefficient (Wildman–Crippen LogP) is -2.39.